The minimum absolute atomic E-state index is 0.0301. The van der Waals surface area contributed by atoms with Crippen LogP contribution in [0.15, 0.2) is 36.5 Å². The Morgan fingerprint density at radius 2 is 1.06 bits per heavy atom. The monoisotopic (exact) mass is 785 g/mol. The van der Waals surface area contributed by atoms with Crippen LogP contribution in [-0.2, 0) is 32.7 Å². The lowest BCUT2D eigenvalue weighted by Gasteiger charge is -2.24. The van der Waals surface area contributed by atoms with Gasteiger partial charge < -0.3 is 18.9 Å². The zero-order valence-corrected chi connectivity index (χ0v) is 36.3. The summed E-state index contributed by atoms with van der Waals surface area (Å²) in [5.74, 6) is -0.807. The van der Waals surface area contributed by atoms with Crippen molar-refractivity contribution in [2.45, 2.75) is 187 Å². The molecule has 10 heteroatoms. The molecule has 2 atom stereocenters. The van der Waals surface area contributed by atoms with Crippen molar-refractivity contribution in [3.63, 3.8) is 0 Å². The Balaban J connectivity index is 4.37. The standard InChI is InChI=1S/C44H82NO8P/c1-6-8-10-12-14-16-18-20-21-22-23-25-27-29-31-33-35-37-44(47)53-42(41-52-54(48,49)51-39-38-45(3,4)5)40-50-43(46)36-34-32-30-28-26-24-19-17-15-13-11-9-7-2/h8,10,14,16,20-21,42H,6-7,9,11-13,15,17-19,22-41H2,1-5H3/p+1/b10-8-,16-14-,21-20-/t42-/m1/s1. The number of hydrogen-bond acceptors (Lipinski definition) is 7. The maximum absolute atomic E-state index is 12.7. The Morgan fingerprint density at radius 3 is 1.57 bits per heavy atom. The maximum atomic E-state index is 12.7. The van der Waals surface area contributed by atoms with Gasteiger partial charge in [0.15, 0.2) is 6.10 Å². The van der Waals surface area contributed by atoms with Crippen LogP contribution in [-0.4, -0.2) is 74.9 Å². The van der Waals surface area contributed by atoms with Crippen LogP contribution < -0.4 is 0 Å². The van der Waals surface area contributed by atoms with E-state index in [-0.39, 0.29) is 32.0 Å². The molecule has 54 heavy (non-hydrogen) atoms. The van der Waals surface area contributed by atoms with Crippen LogP contribution in [0.3, 0.4) is 0 Å². The van der Waals surface area contributed by atoms with Crippen molar-refractivity contribution < 1.29 is 42.1 Å². The Labute approximate surface area is 331 Å². The number of carbonyl (C=O) groups excluding carboxylic acids is 2. The molecule has 0 bridgehead atoms. The van der Waals surface area contributed by atoms with Crippen molar-refractivity contribution in [3.8, 4) is 0 Å². The fraction of sp³-hybridized carbons (Fsp3) is 0.818. The highest BCUT2D eigenvalue weighted by atomic mass is 31.2. The Morgan fingerprint density at radius 1 is 0.593 bits per heavy atom. The number of phosphoric acid groups is 1. The second-order valence-corrected chi connectivity index (χ2v) is 17.2. The van der Waals surface area contributed by atoms with E-state index in [2.05, 4.69) is 50.3 Å². The fourth-order valence-electron chi connectivity index (χ4n) is 5.79. The van der Waals surface area contributed by atoms with E-state index in [1.807, 2.05) is 21.1 Å². The molecule has 0 aliphatic heterocycles. The second kappa shape index (κ2) is 36.8. The molecule has 0 saturated carbocycles. The van der Waals surface area contributed by atoms with E-state index in [0.29, 0.717) is 17.4 Å². The molecule has 0 aliphatic carbocycles. The minimum Gasteiger partial charge on any atom is -0.462 e. The van der Waals surface area contributed by atoms with E-state index in [9.17, 15) is 19.0 Å². The molecule has 316 valence electrons. The van der Waals surface area contributed by atoms with Crippen LogP contribution in [0.1, 0.15) is 181 Å². The Bertz CT molecular complexity index is 1020. The predicted octanol–water partition coefficient (Wildman–Crippen LogP) is 12.1. The molecule has 0 aliphatic rings. The molecule has 0 amide bonds. The van der Waals surface area contributed by atoms with E-state index in [1.54, 1.807) is 0 Å². The van der Waals surface area contributed by atoms with E-state index >= 15 is 0 Å². The minimum atomic E-state index is -4.37. The number of phosphoric ester groups is 1. The molecule has 0 heterocycles. The van der Waals surface area contributed by atoms with Gasteiger partial charge in [0, 0.05) is 12.8 Å². The van der Waals surface area contributed by atoms with Gasteiger partial charge in [0.05, 0.1) is 27.7 Å². The van der Waals surface area contributed by atoms with Gasteiger partial charge in [-0.1, -0.05) is 159 Å². The van der Waals surface area contributed by atoms with Crippen molar-refractivity contribution in [2.75, 3.05) is 47.5 Å². The summed E-state index contributed by atoms with van der Waals surface area (Å²) in [6.07, 6.45) is 40.4. The highest BCUT2D eigenvalue weighted by Crippen LogP contribution is 2.43. The summed E-state index contributed by atoms with van der Waals surface area (Å²) in [7, 11) is 1.47. The number of likely N-dealkylation sites (N-methyl/N-ethyl adjacent to an activating group) is 1. The fourth-order valence-corrected chi connectivity index (χ4v) is 6.53. The number of hydrogen-bond donors (Lipinski definition) is 1. The van der Waals surface area contributed by atoms with Gasteiger partial charge in [-0.15, -0.1) is 0 Å². The zero-order chi connectivity index (χ0) is 40.0. The number of carbonyl (C=O) groups is 2. The van der Waals surface area contributed by atoms with Gasteiger partial charge in [-0.3, -0.25) is 18.6 Å². The zero-order valence-electron chi connectivity index (χ0n) is 35.5. The third-order valence-corrected chi connectivity index (χ3v) is 10.2. The molecule has 1 unspecified atom stereocenters. The highest BCUT2D eigenvalue weighted by Gasteiger charge is 2.27. The number of nitrogens with zero attached hydrogens (tertiary/aromatic N) is 1. The van der Waals surface area contributed by atoms with Gasteiger partial charge in [-0.05, 0) is 44.9 Å². The largest absolute Gasteiger partial charge is 0.472 e. The summed E-state index contributed by atoms with van der Waals surface area (Å²) in [4.78, 5) is 35.3. The van der Waals surface area contributed by atoms with Gasteiger partial charge in [-0.2, -0.15) is 0 Å². The Hall–Kier alpha value is -1.77. The molecule has 9 nitrogen and oxygen atoms in total. The molecular weight excluding hydrogens is 701 g/mol. The third-order valence-electron chi connectivity index (χ3n) is 9.18. The quantitative estimate of drug-likeness (QED) is 0.0216. The SMILES string of the molecule is CC/C=C\C/C=C\C/C=C\CCCCCCCCCC(=O)O[C@H](COC(=O)CCCCCCCCCCCCCCC)COP(=O)(O)OCC[N+](C)(C)C. The second-order valence-electron chi connectivity index (χ2n) is 15.7. The van der Waals surface area contributed by atoms with Crippen LogP contribution >= 0.6 is 7.82 Å². The average Bonchev–Trinajstić information content (AvgIpc) is 3.12. The van der Waals surface area contributed by atoms with Crippen molar-refractivity contribution in [1.29, 1.82) is 0 Å². The molecule has 0 spiro atoms. The van der Waals surface area contributed by atoms with Crippen LogP contribution in [0.4, 0.5) is 0 Å². The average molecular weight is 785 g/mol. The first-order chi connectivity index (χ1) is 26.0. The molecule has 0 aromatic carbocycles. The number of allylic oxidation sites excluding steroid dienone is 6. The van der Waals surface area contributed by atoms with Crippen LogP contribution in [0.5, 0.6) is 0 Å². The molecular formula is C44H83NO8P+. The molecule has 0 fully saturated rings. The first-order valence-electron chi connectivity index (χ1n) is 21.7. The maximum Gasteiger partial charge on any atom is 0.472 e. The number of quaternary nitrogens is 1. The lowest BCUT2D eigenvalue weighted by atomic mass is 10.0. The van der Waals surface area contributed by atoms with Crippen molar-refractivity contribution in [3.05, 3.63) is 36.5 Å². The van der Waals surface area contributed by atoms with E-state index in [1.165, 1.54) is 83.5 Å². The highest BCUT2D eigenvalue weighted by molar-refractivity contribution is 7.47. The third kappa shape index (κ3) is 39.9. The van der Waals surface area contributed by atoms with Crippen molar-refractivity contribution in [1.82, 2.24) is 0 Å². The first kappa shape index (κ1) is 52.2. The van der Waals surface area contributed by atoms with Gasteiger partial charge in [-0.25, -0.2) is 4.57 Å². The summed E-state index contributed by atoms with van der Waals surface area (Å²) in [5.41, 5.74) is 0. The predicted molar refractivity (Wildman–Crippen MR) is 224 cm³/mol. The van der Waals surface area contributed by atoms with E-state index in [0.717, 1.165) is 64.2 Å². The lowest BCUT2D eigenvalue weighted by Crippen LogP contribution is -2.37. The van der Waals surface area contributed by atoms with Crippen LogP contribution in [0.25, 0.3) is 0 Å². The summed E-state index contributed by atoms with van der Waals surface area (Å²) in [6, 6.07) is 0. The normalized spacial score (nSPS) is 14.0. The van der Waals surface area contributed by atoms with Gasteiger partial charge in [0.25, 0.3) is 0 Å². The number of ether oxygens (including phenoxy) is 2. The summed E-state index contributed by atoms with van der Waals surface area (Å²) in [6.45, 7) is 4.30. The van der Waals surface area contributed by atoms with Gasteiger partial charge in [0.2, 0.25) is 0 Å². The number of esters is 2. The van der Waals surface area contributed by atoms with E-state index in [4.69, 9.17) is 18.5 Å². The molecule has 0 aromatic heterocycles. The molecule has 0 saturated heterocycles. The Kier molecular flexibility index (Phi) is 35.6. The molecule has 0 rings (SSSR count). The smallest absolute Gasteiger partial charge is 0.462 e. The number of unbranched alkanes of at least 4 members (excludes halogenated alkanes) is 19. The van der Waals surface area contributed by atoms with Crippen LogP contribution in [0, 0.1) is 0 Å². The summed E-state index contributed by atoms with van der Waals surface area (Å²) >= 11 is 0. The van der Waals surface area contributed by atoms with Gasteiger partial charge >= 0.3 is 19.8 Å². The number of rotatable bonds is 39. The topological polar surface area (TPSA) is 108 Å². The molecule has 0 radical (unpaired) electrons. The van der Waals surface area contributed by atoms with Gasteiger partial charge in [0.1, 0.15) is 19.8 Å². The lowest BCUT2D eigenvalue weighted by molar-refractivity contribution is -0.870. The van der Waals surface area contributed by atoms with Crippen molar-refractivity contribution >= 4 is 19.8 Å². The summed E-state index contributed by atoms with van der Waals surface area (Å²) in [5, 5.41) is 0. The molecule has 1 N–H and O–H groups in total. The summed E-state index contributed by atoms with van der Waals surface area (Å²) < 4.78 is 34.3. The first-order valence-corrected chi connectivity index (χ1v) is 23.2. The van der Waals surface area contributed by atoms with Crippen molar-refractivity contribution in [2.24, 2.45) is 0 Å². The van der Waals surface area contributed by atoms with Crippen LogP contribution in [0.2, 0.25) is 0 Å². The van der Waals surface area contributed by atoms with E-state index < -0.39 is 26.5 Å². The molecule has 0 aromatic rings.